The summed E-state index contributed by atoms with van der Waals surface area (Å²) < 4.78 is 1.75. The van der Waals surface area contributed by atoms with E-state index in [4.69, 9.17) is 11.6 Å². The molecule has 1 aromatic carbocycles. The third-order valence-corrected chi connectivity index (χ3v) is 2.90. The van der Waals surface area contributed by atoms with Gasteiger partial charge in [-0.1, -0.05) is 11.3 Å². The third-order valence-electron chi connectivity index (χ3n) is 2.67. The van der Waals surface area contributed by atoms with E-state index in [1.165, 1.54) is 11.1 Å². The van der Waals surface area contributed by atoms with Crippen molar-refractivity contribution in [1.29, 1.82) is 0 Å². The Bertz CT molecular complexity index is 503. The Morgan fingerprint density at radius 3 is 2.56 bits per heavy atom. The van der Waals surface area contributed by atoms with Gasteiger partial charge in [0.1, 0.15) is 5.69 Å². The van der Waals surface area contributed by atoms with Crippen LogP contribution in [0.15, 0.2) is 24.4 Å². The lowest BCUT2D eigenvalue weighted by atomic mass is 10.1. The first-order valence-corrected chi connectivity index (χ1v) is 5.65. The van der Waals surface area contributed by atoms with E-state index >= 15 is 0 Å². The highest BCUT2D eigenvalue weighted by molar-refractivity contribution is 6.20. The maximum Gasteiger partial charge on any atom is 0.101 e. The van der Waals surface area contributed by atoms with Crippen molar-refractivity contribution in [2.45, 2.75) is 26.1 Å². The highest BCUT2D eigenvalue weighted by atomic mass is 35.5. The van der Waals surface area contributed by atoms with Gasteiger partial charge in [-0.05, 0) is 44.0 Å². The minimum Gasteiger partial charge on any atom is -0.220 e. The fourth-order valence-electron chi connectivity index (χ4n) is 1.45. The molecule has 0 bridgehead atoms. The lowest BCUT2D eigenvalue weighted by Gasteiger charge is -2.04. The van der Waals surface area contributed by atoms with Crippen LogP contribution >= 0.6 is 11.6 Å². The normalized spacial score (nSPS) is 12.8. The molecule has 0 N–H and O–H groups in total. The molecule has 0 radical (unpaired) electrons. The largest absolute Gasteiger partial charge is 0.220 e. The van der Waals surface area contributed by atoms with E-state index in [0.717, 1.165) is 11.4 Å². The second-order valence-corrected chi connectivity index (χ2v) is 4.63. The van der Waals surface area contributed by atoms with Crippen LogP contribution in [0, 0.1) is 13.8 Å². The Morgan fingerprint density at radius 2 is 2.00 bits per heavy atom. The highest BCUT2D eigenvalue weighted by Gasteiger charge is 2.07. The van der Waals surface area contributed by atoms with Crippen LogP contribution in [-0.2, 0) is 0 Å². The summed E-state index contributed by atoms with van der Waals surface area (Å²) in [6.45, 7) is 6.06. The number of halogens is 1. The Labute approximate surface area is 100 Å². The van der Waals surface area contributed by atoms with Crippen LogP contribution in [0.4, 0.5) is 0 Å². The fraction of sp³-hybridized carbons (Fsp3) is 0.333. The minimum absolute atomic E-state index is 0.111. The van der Waals surface area contributed by atoms with Crippen LogP contribution in [0.1, 0.15) is 29.1 Å². The van der Waals surface area contributed by atoms with Gasteiger partial charge in [0.15, 0.2) is 0 Å². The van der Waals surface area contributed by atoms with Gasteiger partial charge in [-0.25, -0.2) is 4.68 Å². The molecule has 1 heterocycles. The average Bonchev–Trinajstić information content (AvgIpc) is 2.71. The van der Waals surface area contributed by atoms with Crippen LogP contribution in [0.2, 0.25) is 0 Å². The number of alkyl halides is 1. The molecule has 0 aliphatic carbocycles. The molecule has 1 atom stereocenters. The number of aryl methyl sites for hydroxylation is 2. The van der Waals surface area contributed by atoms with Gasteiger partial charge >= 0.3 is 0 Å². The predicted octanol–water partition coefficient (Wildman–Crippen LogP) is 3.18. The van der Waals surface area contributed by atoms with Gasteiger partial charge in [0.05, 0.1) is 17.3 Å². The first-order chi connectivity index (χ1) is 7.58. The van der Waals surface area contributed by atoms with Crippen molar-refractivity contribution in [2.24, 2.45) is 0 Å². The van der Waals surface area contributed by atoms with Gasteiger partial charge in [-0.2, -0.15) is 0 Å². The summed E-state index contributed by atoms with van der Waals surface area (Å²) in [5, 5.41) is 7.98. The van der Waals surface area contributed by atoms with Crippen LogP contribution in [0.5, 0.6) is 0 Å². The molecule has 0 fully saturated rings. The summed E-state index contributed by atoms with van der Waals surface area (Å²) in [4.78, 5) is 0. The molecule has 0 amide bonds. The molecule has 0 aliphatic rings. The van der Waals surface area contributed by atoms with E-state index in [1.54, 1.807) is 4.68 Å². The summed E-state index contributed by atoms with van der Waals surface area (Å²) in [5.74, 6) is 0. The molecule has 0 spiro atoms. The number of rotatable bonds is 2. The van der Waals surface area contributed by atoms with E-state index in [1.807, 2.05) is 19.2 Å². The molecule has 0 aliphatic heterocycles. The second-order valence-electron chi connectivity index (χ2n) is 3.97. The van der Waals surface area contributed by atoms with Crippen molar-refractivity contribution >= 4 is 11.6 Å². The van der Waals surface area contributed by atoms with Crippen LogP contribution < -0.4 is 0 Å². The summed E-state index contributed by atoms with van der Waals surface area (Å²) >= 11 is 5.94. The molecule has 84 valence electrons. The van der Waals surface area contributed by atoms with Gasteiger partial charge in [0.2, 0.25) is 0 Å². The third kappa shape index (κ3) is 2.09. The maximum absolute atomic E-state index is 5.94. The number of hydrogen-bond donors (Lipinski definition) is 0. The summed E-state index contributed by atoms with van der Waals surface area (Å²) in [7, 11) is 0. The molecule has 1 unspecified atom stereocenters. The fourth-order valence-corrected chi connectivity index (χ4v) is 1.55. The quantitative estimate of drug-likeness (QED) is 0.749. The summed E-state index contributed by atoms with van der Waals surface area (Å²) in [6.07, 6.45) is 1.86. The van der Waals surface area contributed by atoms with Gasteiger partial charge in [-0.15, -0.1) is 16.7 Å². The summed E-state index contributed by atoms with van der Waals surface area (Å²) in [5.41, 5.74) is 4.32. The minimum atomic E-state index is -0.111. The monoisotopic (exact) mass is 235 g/mol. The molecule has 4 heteroatoms. The van der Waals surface area contributed by atoms with Crippen LogP contribution in [0.25, 0.3) is 5.69 Å². The van der Waals surface area contributed by atoms with Crippen molar-refractivity contribution in [2.75, 3.05) is 0 Å². The molecular formula is C12H14ClN3. The van der Waals surface area contributed by atoms with E-state index in [2.05, 4.69) is 36.3 Å². The summed E-state index contributed by atoms with van der Waals surface area (Å²) in [6, 6.07) is 6.20. The first kappa shape index (κ1) is 11.1. The van der Waals surface area contributed by atoms with Crippen molar-refractivity contribution in [3.05, 3.63) is 41.2 Å². The second kappa shape index (κ2) is 4.26. The van der Waals surface area contributed by atoms with E-state index in [-0.39, 0.29) is 5.38 Å². The van der Waals surface area contributed by atoms with Crippen molar-refractivity contribution in [3.8, 4) is 5.69 Å². The molecular weight excluding hydrogens is 222 g/mol. The molecule has 16 heavy (non-hydrogen) atoms. The SMILES string of the molecule is Cc1ccc(-n2cc(C(C)Cl)nn2)cc1C. The molecule has 0 saturated heterocycles. The van der Waals surface area contributed by atoms with E-state index < -0.39 is 0 Å². The van der Waals surface area contributed by atoms with Crippen molar-refractivity contribution < 1.29 is 0 Å². The lowest BCUT2D eigenvalue weighted by molar-refractivity contribution is 0.795. The van der Waals surface area contributed by atoms with Crippen LogP contribution in [0.3, 0.4) is 0 Å². The Hall–Kier alpha value is -1.35. The van der Waals surface area contributed by atoms with E-state index in [0.29, 0.717) is 0 Å². The number of benzene rings is 1. The predicted molar refractivity (Wildman–Crippen MR) is 65.1 cm³/mol. The standard InChI is InChI=1S/C12H14ClN3/c1-8-4-5-11(6-9(8)2)16-7-12(10(3)13)14-15-16/h4-7,10H,1-3H3. The number of nitrogens with zero attached hydrogens (tertiary/aromatic N) is 3. The Morgan fingerprint density at radius 1 is 1.25 bits per heavy atom. The molecule has 2 aromatic rings. The smallest absolute Gasteiger partial charge is 0.101 e. The molecule has 1 aromatic heterocycles. The van der Waals surface area contributed by atoms with Gasteiger partial charge in [0.25, 0.3) is 0 Å². The number of aromatic nitrogens is 3. The maximum atomic E-state index is 5.94. The van der Waals surface area contributed by atoms with Crippen molar-refractivity contribution in [3.63, 3.8) is 0 Å². The molecule has 3 nitrogen and oxygen atoms in total. The zero-order chi connectivity index (χ0) is 11.7. The Balaban J connectivity index is 2.39. The first-order valence-electron chi connectivity index (χ1n) is 5.22. The van der Waals surface area contributed by atoms with Gasteiger partial charge in [0, 0.05) is 0 Å². The average molecular weight is 236 g/mol. The lowest BCUT2D eigenvalue weighted by Crippen LogP contribution is -1.96. The molecule has 2 rings (SSSR count). The zero-order valence-electron chi connectivity index (χ0n) is 9.61. The molecule has 0 saturated carbocycles. The van der Waals surface area contributed by atoms with Crippen molar-refractivity contribution in [1.82, 2.24) is 15.0 Å². The zero-order valence-corrected chi connectivity index (χ0v) is 10.4. The number of hydrogen-bond acceptors (Lipinski definition) is 2. The van der Waals surface area contributed by atoms with Gasteiger partial charge in [-0.3, -0.25) is 0 Å². The topological polar surface area (TPSA) is 30.7 Å². The van der Waals surface area contributed by atoms with E-state index in [9.17, 15) is 0 Å². The van der Waals surface area contributed by atoms with Crippen LogP contribution in [-0.4, -0.2) is 15.0 Å². The highest BCUT2D eigenvalue weighted by Crippen LogP contribution is 2.18. The Kier molecular flexibility index (Phi) is 2.97. The van der Waals surface area contributed by atoms with Gasteiger partial charge < -0.3 is 0 Å².